The van der Waals surface area contributed by atoms with E-state index in [4.69, 9.17) is 11.6 Å². The van der Waals surface area contributed by atoms with Gasteiger partial charge in [0.1, 0.15) is 17.3 Å². The summed E-state index contributed by atoms with van der Waals surface area (Å²) in [5.41, 5.74) is 1.67. The van der Waals surface area contributed by atoms with Crippen LogP contribution < -0.4 is 10.9 Å². The summed E-state index contributed by atoms with van der Waals surface area (Å²) in [6.07, 6.45) is 1.42. The Bertz CT molecular complexity index is 1100. The molecule has 7 nitrogen and oxygen atoms in total. The fourth-order valence-corrected chi connectivity index (χ4v) is 2.66. The van der Waals surface area contributed by atoms with Gasteiger partial charge in [-0.25, -0.2) is 0 Å². The first-order chi connectivity index (χ1) is 11.1. The van der Waals surface area contributed by atoms with Gasteiger partial charge in [-0.2, -0.15) is 19.6 Å². The van der Waals surface area contributed by atoms with Crippen LogP contribution in [0.3, 0.4) is 0 Å². The standard InChI is InChI=1S/C15H11ClN6O/c1-21-11-4-3-10(6-9(11)2-5-14(21)23)19-13-7-12(16)20-15-17-8-18-22(13)15/h2-8,19H,1H3. The fourth-order valence-electron chi connectivity index (χ4n) is 2.48. The third-order valence-electron chi connectivity index (χ3n) is 3.62. The number of anilines is 2. The van der Waals surface area contributed by atoms with Crippen molar-refractivity contribution in [2.75, 3.05) is 5.32 Å². The van der Waals surface area contributed by atoms with E-state index >= 15 is 0 Å². The molecule has 0 fully saturated rings. The Morgan fingerprint density at radius 3 is 2.91 bits per heavy atom. The lowest BCUT2D eigenvalue weighted by molar-refractivity contribution is 0.906. The lowest BCUT2D eigenvalue weighted by Crippen LogP contribution is -2.14. The minimum absolute atomic E-state index is 0.0385. The lowest BCUT2D eigenvalue weighted by Gasteiger charge is -2.10. The van der Waals surface area contributed by atoms with E-state index in [0.717, 1.165) is 16.6 Å². The van der Waals surface area contributed by atoms with Crippen LogP contribution in [-0.2, 0) is 7.05 Å². The lowest BCUT2D eigenvalue weighted by atomic mass is 10.2. The Hall–Kier alpha value is -2.93. The van der Waals surface area contributed by atoms with Crippen LogP contribution in [0.25, 0.3) is 16.7 Å². The van der Waals surface area contributed by atoms with Crippen molar-refractivity contribution in [2.24, 2.45) is 7.05 Å². The molecule has 0 aliphatic heterocycles. The molecular weight excluding hydrogens is 316 g/mol. The largest absolute Gasteiger partial charge is 0.340 e. The molecule has 0 aliphatic carbocycles. The maximum Gasteiger partial charge on any atom is 0.255 e. The summed E-state index contributed by atoms with van der Waals surface area (Å²) in [6.45, 7) is 0. The molecule has 0 atom stereocenters. The average molecular weight is 327 g/mol. The number of pyridine rings is 1. The third-order valence-corrected chi connectivity index (χ3v) is 3.81. The highest BCUT2D eigenvalue weighted by Crippen LogP contribution is 2.23. The van der Waals surface area contributed by atoms with Crippen LogP contribution in [0.5, 0.6) is 0 Å². The minimum atomic E-state index is -0.0385. The molecule has 0 radical (unpaired) electrons. The fraction of sp³-hybridized carbons (Fsp3) is 0.0667. The van der Waals surface area contributed by atoms with Crippen molar-refractivity contribution in [3.8, 4) is 0 Å². The monoisotopic (exact) mass is 326 g/mol. The van der Waals surface area contributed by atoms with Gasteiger partial charge < -0.3 is 9.88 Å². The maximum absolute atomic E-state index is 11.7. The summed E-state index contributed by atoms with van der Waals surface area (Å²) in [5, 5.41) is 8.65. The van der Waals surface area contributed by atoms with E-state index in [1.165, 1.54) is 6.33 Å². The topological polar surface area (TPSA) is 77.1 Å². The Labute approximate surface area is 135 Å². The first kappa shape index (κ1) is 13.7. The smallest absolute Gasteiger partial charge is 0.255 e. The van der Waals surface area contributed by atoms with E-state index in [0.29, 0.717) is 16.7 Å². The number of benzene rings is 1. The normalized spacial score (nSPS) is 11.2. The number of nitrogens with zero attached hydrogens (tertiary/aromatic N) is 5. The van der Waals surface area contributed by atoms with Crippen LogP contribution >= 0.6 is 11.6 Å². The summed E-state index contributed by atoms with van der Waals surface area (Å²) in [5.74, 6) is 1.07. The van der Waals surface area contributed by atoms with Crippen molar-refractivity contribution in [3.63, 3.8) is 0 Å². The molecule has 114 valence electrons. The quantitative estimate of drug-likeness (QED) is 0.572. The molecule has 3 aromatic heterocycles. The summed E-state index contributed by atoms with van der Waals surface area (Å²) >= 11 is 6.01. The van der Waals surface area contributed by atoms with Crippen LogP contribution in [0.1, 0.15) is 0 Å². The molecule has 1 aromatic carbocycles. The van der Waals surface area contributed by atoms with E-state index in [1.807, 2.05) is 18.2 Å². The van der Waals surface area contributed by atoms with Gasteiger partial charge in [0, 0.05) is 30.3 Å². The molecule has 4 rings (SSSR count). The highest BCUT2D eigenvalue weighted by molar-refractivity contribution is 6.29. The number of aryl methyl sites for hydroxylation is 1. The molecule has 4 aromatic rings. The first-order valence-electron chi connectivity index (χ1n) is 6.85. The molecule has 0 spiro atoms. The zero-order chi connectivity index (χ0) is 16.0. The number of hydrogen-bond donors (Lipinski definition) is 1. The molecule has 23 heavy (non-hydrogen) atoms. The number of nitrogens with one attached hydrogen (secondary N) is 1. The first-order valence-corrected chi connectivity index (χ1v) is 7.23. The van der Waals surface area contributed by atoms with Crippen LogP contribution in [0.4, 0.5) is 11.5 Å². The van der Waals surface area contributed by atoms with Gasteiger partial charge in [-0.05, 0) is 24.3 Å². The number of halogens is 1. The third kappa shape index (κ3) is 2.31. The summed E-state index contributed by atoms with van der Waals surface area (Å²) < 4.78 is 3.18. The molecule has 0 saturated carbocycles. The minimum Gasteiger partial charge on any atom is -0.340 e. The predicted octanol–water partition coefficient (Wildman–Crippen LogP) is 2.37. The van der Waals surface area contributed by atoms with E-state index in [2.05, 4.69) is 20.4 Å². The summed E-state index contributed by atoms with van der Waals surface area (Å²) in [4.78, 5) is 19.8. The van der Waals surface area contributed by atoms with E-state index in [1.54, 1.807) is 34.3 Å². The SMILES string of the molecule is Cn1c(=O)ccc2cc(Nc3cc(Cl)nc4ncnn34)ccc21. The van der Waals surface area contributed by atoms with Gasteiger partial charge in [0.05, 0.1) is 5.52 Å². The van der Waals surface area contributed by atoms with E-state index in [-0.39, 0.29) is 5.56 Å². The number of rotatable bonds is 2. The maximum atomic E-state index is 11.7. The van der Waals surface area contributed by atoms with Gasteiger partial charge in [0.15, 0.2) is 0 Å². The Morgan fingerprint density at radius 2 is 2.04 bits per heavy atom. The van der Waals surface area contributed by atoms with E-state index < -0.39 is 0 Å². The molecule has 0 aliphatic rings. The zero-order valence-electron chi connectivity index (χ0n) is 12.1. The number of hydrogen-bond acceptors (Lipinski definition) is 5. The Morgan fingerprint density at radius 1 is 1.17 bits per heavy atom. The second-order valence-electron chi connectivity index (χ2n) is 5.07. The average Bonchev–Trinajstić information content (AvgIpc) is 2.99. The molecule has 1 N–H and O–H groups in total. The van der Waals surface area contributed by atoms with Crippen LogP contribution in [-0.4, -0.2) is 24.1 Å². The van der Waals surface area contributed by atoms with Crippen LogP contribution in [0.15, 0.2) is 47.5 Å². The van der Waals surface area contributed by atoms with Crippen LogP contribution in [0, 0.1) is 0 Å². The van der Waals surface area contributed by atoms with Gasteiger partial charge >= 0.3 is 0 Å². The highest BCUT2D eigenvalue weighted by Gasteiger charge is 2.07. The molecule has 3 heterocycles. The molecular formula is C15H11ClN6O. The van der Waals surface area contributed by atoms with Gasteiger partial charge in [0.2, 0.25) is 0 Å². The van der Waals surface area contributed by atoms with Gasteiger partial charge in [0.25, 0.3) is 11.3 Å². The van der Waals surface area contributed by atoms with Crippen molar-refractivity contribution >= 4 is 39.8 Å². The van der Waals surface area contributed by atoms with Crippen molar-refractivity contribution < 1.29 is 0 Å². The van der Waals surface area contributed by atoms with Crippen LogP contribution in [0.2, 0.25) is 5.15 Å². The summed E-state index contributed by atoms with van der Waals surface area (Å²) in [6, 6.07) is 10.7. The Balaban J connectivity index is 1.82. The van der Waals surface area contributed by atoms with Gasteiger partial charge in [-0.1, -0.05) is 11.6 Å². The zero-order valence-corrected chi connectivity index (χ0v) is 12.8. The van der Waals surface area contributed by atoms with Crippen molar-refractivity contribution in [2.45, 2.75) is 0 Å². The molecule has 8 heteroatoms. The number of aromatic nitrogens is 5. The van der Waals surface area contributed by atoms with Gasteiger partial charge in [-0.15, -0.1) is 0 Å². The van der Waals surface area contributed by atoms with Crippen molar-refractivity contribution in [1.29, 1.82) is 0 Å². The number of fused-ring (bicyclic) bond motifs is 2. The van der Waals surface area contributed by atoms with Gasteiger partial charge in [-0.3, -0.25) is 4.79 Å². The second-order valence-corrected chi connectivity index (χ2v) is 5.45. The molecule has 0 unspecified atom stereocenters. The highest BCUT2D eigenvalue weighted by atomic mass is 35.5. The molecule has 0 amide bonds. The predicted molar refractivity (Wildman–Crippen MR) is 88.3 cm³/mol. The van der Waals surface area contributed by atoms with Crippen molar-refractivity contribution in [1.82, 2.24) is 24.1 Å². The van der Waals surface area contributed by atoms with E-state index in [9.17, 15) is 4.79 Å². The summed E-state index contributed by atoms with van der Waals surface area (Å²) in [7, 11) is 1.75. The molecule has 0 bridgehead atoms. The Kier molecular flexibility index (Phi) is 3.02. The van der Waals surface area contributed by atoms with Crippen molar-refractivity contribution in [3.05, 3.63) is 58.2 Å². The second kappa shape index (κ2) is 5.06. The molecule has 0 saturated heterocycles.